The van der Waals surface area contributed by atoms with Crippen LogP contribution in [0.5, 0.6) is 0 Å². The second kappa shape index (κ2) is 5.83. The summed E-state index contributed by atoms with van der Waals surface area (Å²) in [6.07, 6.45) is 1.27. The van der Waals surface area contributed by atoms with Crippen molar-refractivity contribution < 1.29 is 0 Å². The molecule has 0 aliphatic carbocycles. The number of hydrogen-bond donors (Lipinski definition) is 1. The summed E-state index contributed by atoms with van der Waals surface area (Å²) in [6.45, 7) is 8.11. The second-order valence-electron chi connectivity index (χ2n) is 5.35. The van der Waals surface area contributed by atoms with E-state index in [0.717, 1.165) is 19.0 Å². The van der Waals surface area contributed by atoms with E-state index in [1.165, 1.54) is 13.0 Å². The minimum atomic E-state index is 0.692. The molecular formula is C12H27N3. The number of likely N-dealkylation sites (N-methyl/N-ethyl adjacent to an activating group) is 1. The Bertz CT molecular complexity index is 172. The molecule has 1 saturated heterocycles. The van der Waals surface area contributed by atoms with Gasteiger partial charge in [0.25, 0.3) is 0 Å². The first-order chi connectivity index (χ1) is 7.02. The predicted octanol–water partition coefficient (Wildman–Crippen LogP) is 0.866. The highest BCUT2D eigenvalue weighted by atomic mass is 15.2. The summed E-state index contributed by atoms with van der Waals surface area (Å²) in [5.41, 5.74) is 0. The van der Waals surface area contributed by atoms with Gasteiger partial charge in [0.1, 0.15) is 0 Å². The van der Waals surface area contributed by atoms with Gasteiger partial charge in [0.2, 0.25) is 0 Å². The van der Waals surface area contributed by atoms with Crippen LogP contribution in [0.2, 0.25) is 0 Å². The lowest BCUT2D eigenvalue weighted by Crippen LogP contribution is -2.52. The molecule has 3 nitrogen and oxygen atoms in total. The maximum atomic E-state index is 3.49. The Labute approximate surface area is 94.8 Å². The van der Waals surface area contributed by atoms with Gasteiger partial charge in [-0.1, -0.05) is 13.8 Å². The van der Waals surface area contributed by atoms with Crippen LogP contribution < -0.4 is 5.32 Å². The highest BCUT2D eigenvalue weighted by Gasteiger charge is 2.25. The van der Waals surface area contributed by atoms with Crippen LogP contribution in [0.1, 0.15) is 20.3 Å². The molecule has 0 aromatic heterocycles. The Morgan fingerprint density at radius 1 is 1.40 bits per heavy atom. The van der Waals surface area contributed by atoms with Gasteiger partial charge >= 0.3 is 0 Å². The largest absolute Gasteiger partial charge is 0.314 e. The van der Waals surface area contributed by atoms with Crippen molar-refractivity contribution in [1.29, 1.82) is 0 Å². The zero-order valence-electron chi connectivity index (χ0n) is 11.0. The van der Waals surface area contributed by atoms with Crippen LogP contribution in [0.4, 0.5) is 0 Å². The van der Waals surface area contributed by atoms with E-state index in [-0.39, 0.29) is 0 Å². The van der Waals surface area contributed by atoms with Crippen LogP contribution in [-0.4, -0.2) is 62.7 Å². The van der Waals surface area contributed by atoms with E-state index in [2.05, 4.69) is 50.1 Å². The van der Waals surface area contributed by atoms with Crippen LogP contribution >= 0.6 is 0 Å². The van der Waals surface area contributed by atoms with Crippen molar-refractivity contribution in [2.45, 2.75) is 32.4 Å². The van der Waals surface area contributed by atoms with Crippen molar-refractivity contribution in [2.24, 2.45) is 5.92 Å². The Balaban J connectivity index is 2.49. The molecule has 15 heavy (non-hydrogen) atoms. The Hall–Kier alpha value is -0.120. The lowest BCUT2D eigenvalue weighted by molar-refractivity contribution is 0.129. The van der Waals surface area contributed by atoms with Crippen molar-refractivity contribution >= 4 is 0 Å². The van der Waals surface area contributed by atoms with Gasteiger partial charge in [0.15, 0.2) is 0 Å². The fraction of sp³-hybridized carbons (Fsp3) is 1.00. The van der Waals surface area contributed by atoms with Gasteiger partial charge in [-0.15, -0.1) is 0 Å². The molecule has 1 fully saturated rings. The molecule has 0 aromatic rings. The topological polar surface area (TPSA) is 18.5 Å². The van der Waals surface area contributed by atoms with Gasteiger partial charge in [-0.3, -0.25) is 0 Å². The molecule has 1 aliphatic rings. The number of nitrogens with one attached hydrogen (secondary N) is 1. The first kappa shape index (κ1) is 12.9. The lowest BCUT2D eigenvalue weighted by Gasteiger charge is -2.38. The van der Waals surface area contributed by atoms with Crippen molar-refractivity contribution in [3.8, 4) is 0 Å². The molecule has 0 aromatic carbocycles. The summed E-state index contributed by atoms with van der Waals surface area (Å²) < 4.78 is 0. The van der Waals surface area contributed by atoms with Crippen LogP contribution in [0, 0.1) is 5.92 Å². The standard InChI is InChI=1S/C12H27N3/c1-10(2)12(14(3)4)8-11-9-13-6-7-15(11)5/h10-13H,6-9H2,1-5H3. The fourth-order valence-electron chi connectivity index (χ4n) is 2.48. The van der Waals surface area contributed by atoms with E-state index in [1.807, 2.05) is 0 Å². The summed E-state index contributed by atoms with van der Waals surface area (Å²) in [7, 11) is 6.64. The van der Waals surface area contributed by atoms with E-state index >= 15 is 0 Å². The second-order valence-corrected chi connectivity index (χ2v) is 5.35. The molecular weight excluding hydrogens is 186 g/mol. The molecule has 1 aliphatic heterocycles. The smallest absolute Gasteiger partial charge is 0.0233 e. The van der Waals surface area contributed by atoms with Crippen LogP contribution in [0.15, 0.2) is 0 Å². The van der Waals surface area contributed by atoms with Crippen molar-refractivity contribution in [3.05, 3.63) is 0 Å². The maximum absolute atomic E-state index is 3.49. The molecule has 2 atom stereocenters. The average Bonchev–Trinajstić information content (AvgIpc) is 2.15. The van der Waals surface area contributed by atoms with Crippen molar-refractivity contribution in [3.63, 3.8) is 0 Å². The number of hydrogen-bond acceptors (Lipinski definition) is 3. The highest BCUT2D eigenvalue weighted by Crippen LogP contribution is 2.17. The normalized spacial score (nSPS) is 26.2. The molecule has 3 heteroatoms. The number of nitrogens with zero attached hydrogens (tertiary/aromatic N) is 2. The number of piperazine rings is 1. The zero-order chi connectivity index (χ0) is 11.4. The van der Waals surface area contributed by atoms with Gasteiger partial charge in [0, 0.05) is 31.7 Å². The van der Waals surface area contributed by atoms with Gasteiger partial charge in [0.05, 0.1) is 0 Å². The van der Waals surface area contributed by atoms with E-state index in [1.54, 1.807) is 0 Å². The minimum Gasteiger partial charge on any atom is -0.314 e. The summed E-state index contributed by atoms with van der Waals surface area (Å²) in [5, 5.41) is 3.49. The minimum absolute atomic E-state index is 0.692. The molecule has 2 unspecified atom stereocenters. The quantitative estimate of drug-likeness (QED) is 0.747. The molecule has 0 saturated carbocycles. The first-order valence-electron chi connectivity index (χ1n) is 6.09. The third-order valence-corrected chi connectivity index (χ3v) is 3.59. The number of rotatable bonds is 4. The summed E-state index contributed by atoms with van der Waals surface area (Å²) >= 11 is 0. The first-order valence-corrected chi connectivity index (χ1v) is 6.09. The van der Waals surface area contributed by atoms with Gasteiger partial charge in [-0.25, -0.2) is 0 Å². The monoisotopic (exact) mass is 213 g/mol. The van der Waals surface area contributed by atoms with Gasteiger partial charge in [-0.2, -0.15) is 0 Å². The summed E-state index contributed by atoms with van der Waals surface area (Å²) in [6, 6.07) is 1.39. The van der Waals surface area contributed by atoms with Crippen LogP contribution in [0.25, 0.3) is 0 Å². The molecule has 0 radical (unpaired) electrons. The zero-order valence-corrected chi connectivity index (χ0v) is 11.0. The van der Waals surface area contributed by atoms with E-state index < -0.39 is 0 Å². The van der Waals surface area contributed by atoms with Crippen molar-refractivity contribution in [1.82, 2.24) is 15.1 Å². The SMILES string of the molecule is CC(C)C(CC1CNCCN1C)N(C)C. The Morgan fingerprint density at radius 3 is 2.53 bits per heavy atom. The summed E-state index contributed by atoms with van der Waals surface area (Å²) in [4.78, 5) is 4.86. The highest BCUT2D eigenvalue weighted by molar-refractivity contribution is 4.83. The third kappa shape index (κ3) is 3.74. The molecule has 1 heterocycles. The van der Waals surface area contributed by atoms with E-state index in [9.17, 15) is 0 Å². The van der Waals surface area contributed by atoms with Crippen LogP contribution in [-0.2, 0) is 0 Å². The third-order valence-electron chi connectivity index (χ3n) is 3.59. The molecule has 0 spiro atoms. The Morgan fingerprint density at radius 2 is 2.07 bits per heavy atom. The van der Waals surface area contributed by atoms with Crippen LogP contribution in [0.3, 0.4) is 0 Å². The van der Waals surface area contributed by atoms with Gasteiger partial charge in [-0.05, 0) is 33.5 Å². The van der Waals surface area contributed by atoms with Gasteiger partial charge < -0.3 is 15.1 Å². The fourth-order valence-corrected chi connectivity index (χ4v) is 2.48. The summed E-state index contributed by atoms with van der Waals surface area (Å²) in [5.74, 6) is 0.732. The average molecular weight is 213 g/mol. The molecule has 1 N–H and O–H groups in total. The van der Waals surface area contributed by atoms with E-state index in [4.69, 9.17) is 0 Å². The molecule has 90 valence electrons. The Kier molecular flexibility index (Phi) is 5.03. The molecule has 0 bridgehead atoms. The maximum Gasteiger partial charge on any atom is 0.0233 e. The molecule has 0 amide bonds. The predicted molar refractivity (Wildman–Crippen MR) is 66.2 cm³/mol. The van der Waals surface area contributed by atoms with E-state index in [0.29, 0.717) is 12.1 Å². The van der Waals surface area contributed by atoms with Crippen molar-refractivity contribution in [2.75, 3.05) is 40.8 Å². The molecule has 1 rings (SSSR count). The lowest BCUT2D eigenvalue weighted by atomic mass is 9.94.